The van der Waals surface area contributed by atoms with Gasteiger partial charge in [0, 0.05) is 16.7 Å². The third-order valence-electron chi connectivity index (χ3n) is 8.42. The topological polar surface area (TPSA) is 63.6 Å². The van der Waals surface area contributed by atoms with E-state index in [9.17, 15) is 14.7 Å². The average Bonchev–Trinajstić information content (AvgIpc) is 2.81. The van der Waals surface area contributed by atoms with Crippen molar-refractivity contribution in [3.63, 3.8) is 0 Å². The van der Waals surface area contributed by atoms with E-state index < -0.39 is 5.97 Å². The first-order valence-corrected chi connectivity index (χ1v) is 11.9. The highest BCUT2D eigenvalue weighted by molar-refractivity contribution is 6.11. The number of carboxylic acid groups (broad SMARTS) is 1. The molecule has 4 aliphatic rings. The Balaban J connectivity index is 1.33. The molecule has 0 amide bonds. The normalized spacial score (nSPS) is 27.6. The monoisotopic (exact) mass is 440 g/mol. The first kappa shape index (κ1) is 20.5. The van der Waals surface area contributed by atoms with Crippen molar-refractivity contribution in [1.82, 2.24) is 0 Å². The van der Waals surface area contributed by atoms with Gasteiger partial charge in [0.15, 0.2) is 5.78 Å². The highest BCUT2D eigenvalue weighted by atomic mass is 16.5. The second-order valence-electron chi connectivity index (χ2n) is 10.5. The van der Waals surface area contributed by atoms with E-state index in [4.69, 9.17) is 4.74 Å². The minimum absolute atomic E-state index is 0.0467. The molecule has 0 aromatic heterocycles. The van der Waals surface area contributed by atoms with Gasteiger partial charge in [0.1, 0.15) is 5.75 Å². The van der Waals surface area contributed by atoms with E-state index >= 15 is 0 Å². The number of rotatable bonds is 5. The van der Waals surface area contributed by atoms with Crippen LogP contribution < -0.4 is 4.74 Å². The Labute approximate surface area is 193 Å². The molecule has 4 bridgehead atoms. The van der Waals surface area contributed by atoms with Gasteiger partial charge in [-0.2, -0.15) is 0 Å². The predicted molar refractivity (Wildman–Crippen MR) is 127 cm³/mol. The third-order valence-corrected chi connectivity index (χ3v) is 8.42. The van der Waals surface area contributed by atoms with Crippen molar-refractivity contribution >= 4 is 22.5 Å². The summed E-state index contributed by atoms with van der Waals surface area (Å²) in [6.45, 7) is 0. The molecule has 33 heavy (non-hydrogen) atoms. The number of methoxy groups -OCH3 is 1. The number of fused-ring (bicyclic) bond motifs is 1. The largest absolute Gasteiger partial charge is 0.496 e. The first-order chi connectivity index (χ1) is 15.9. The van der Waals surface area contributed by atoms with Crippen LogP contribution in [-0.4, -0.2) is 24.0 Å². The molecule has 0 heterocycles. The number of hydrogen-bond donors (Lipinski definition) is 1. The number of carbonyl (C=O) groups excluding carboxylic acids is 1. The Bertz CT molecular complexity index is 1250. The molecule has 4 nitrogen and oxygen atoms in total. The smallest absolute Gasteiger partial charge is 0.335 e. The lowest BCUT2D eigenvalue weighted by Gasteiger charge is -2.57. The summed E-state index contributed by atoms with van der Waals surface area (Å²) < 4.78 is 5.86. The summed E-state index contributed by atoms with van der Waals surface area (Å²) in [6.07, 6.45) is 7.96. The lowest BCUT2D eigenvalue weighted by atomic mass is 9.48. The van der Waals surface area contributed by atoms with Gasteiger partial charge in [-0.1, -0.05) is 30.3 Å². The van der Waals surface area contributed by atoms with E-state index in [1.807, 2.05) is 24.3 Å². The molecule has 0 unspecified atom stereocenters. The summed E-state index contributed by atoms with van der Waals surface area (Å²) in [5.41, 5.74) is 2.97. The van der Waals surface area contributed by atoms with Gasteiger partial charge in [-0.15, -0.1) is 0 Å². The fourth-order valence-electron chi connectivity index (χ4n) is 7.40. The second kappa shape index (κ2) is 7.44. The molecule has 4 saturated carbocycles. The van der Waals surface area contributed by atoms with Crippen molar-refractivity contribution in [2.24, 2.45) is 17.8 Å². The minimum atomic E-state index is -0.955. The van der Waals surface area contributed by atoms with Crippen LogP contribution in [0.3, 0.4) is 0 Å². The van der Waals surface area contributed by atoms with Crippen LogP contribution >= 0.6 is 0 Å². The van der Waals surface area contributed by atoms with Crippen LogP contribution in [0.15, 0.2) is 54.6 Å². The van der Waals surface area contributed by atoms with Gasteiger partial charge in [-0.25, -0.2) is 4.79 Å². The van der Waals surface area contributed by atoms with E-state index in [1.54, 1.807) is 31.4 Å². The van der Waals surface area contributed by atoms with Crippen LogP contribution in [-0.2, 0) is 5.41 Å². The third kappa shape index (κ3) is 3.35. The maximum atomic E-state index is 13.3. The molecule has 4 aliphatic carbocycles. The fourth-order valence-corrected chi connectivity index (χ4v) is 7.40. The van der Waals surface area contributed by atoms with E-state index in [2.05, 4.69) is 6.07 Å². The van der Waals surface area contributed by atoms with Crippen LogP contribution in [0, 0.1) is 17.8 Å². The zero-order chi connectivity index (χ0) is 22.7. The first-order valence-electron chi connectivity index (χ1n) is 11.9. The van der Waals surface area contributed by atoms with Crippen molar-refractivity contribution in [2.45, 2.75) is 43.9 Å². The van der Waals surface area contributed by atoms with Gasteiger partial charge >= 0.3 is 5.97 Å². The number of carbonyl (C=O) groups is 2. The van der Waals surface area contributed by atoms with Crippen molar-refractivity contribution in [2.75, 3.05) is 7.11 Å². The highest BCUT2D eigenvalue weighted by Gasteiger charge is 2.52. The van der Waals surface area contributed by atoms with E-state index in [-0.39, 0.29) is 16.8 Å². The maximum absolute atomic E-state index is 13.3. The lowest BCUT2D eigenvalue weighted by Crippen LogP contribution is -2.48. The Kier molecular flexibility index (Phi) is 4.62. The summed E-state index contributed by atoms with van der Waals surface area (Å²) in [5.74, 6) is 2.39. The van der Waals surface area contributed by atoms with Gasteiger partial charge in [0.05, 0.1) is 12.7 Å². The molecule has 0 radical (unpaired) electrons. The molecule has 7 rings (SSSR count). The van der Waals surface area contributed by atoms with E-state index in [0.29, 0.717) is 11.1 Å². The second-order valence-corrected chi connectivity index (χ2v) is 10.5. The Morgan fingerprint density at radius 3 is 1.88 bits per heavy atom. The molecule has 3 aromatic carbocycles. The number of benzene rings is 3. The van der Waals surface area contributed by atoms with Crippen molar-refractivity contribution in [3.05, 3.63) is 76.9 Å². The van der Waals surface area contributed by atoms with Crippen LogP contribution in [0.25, 0.3) is 10.8 Å². The van der Waals surface area contributed by atoms with Crippen LogP contribution in [0.1, 0.15) is 70.4 Å². The van der Waals surface area contributed by atoms with Crippen molar-refractivity contribution in [1.29, 1.82) is 0 Å². The zero-order valence-corrected chi connectivity index (χ0v) is 18.8. The van der Waals surface area contributed by atoms with Crippen LogP contribution in [0.2, 0.25) is 0 Å². The Morgan fingerprint density at radius 1 is 0.788 bits per heavy atom. The van der Waals surface area contributed by atoms with E-state index in [0.717, 1.165) is 34.3 Å². The number of hydrogen-bond acceptors (Lipinski definition) is 3. The van der Waals surface area contributed by atoms with Crippen LogP contribution in [0.4, 0.5) is 0 Å². The molecule has 4 heteroatoms. The molecule has 4 fully saturated rings. The van der Waals surface area contributed by atoms with Crippen LogP contribution in [0.5, 0.6) is 5.75 Å². The number of carboxylic acids is 1. The standard InChI is InChI=1S/C29H28O4/c1-33-26-13-23(6-7-25(26)29-14-17-8-18(15-29)10-19(9-17)16-29)27(30)22-4-2-21-12-24(28(31)32)5-3-20(21)11-22/h2-7,11-13,17-19H,8-10,14-16H2,1H3,(H,31,32). The van der Waals surface area contributed by atoms with Gasteiger partial charge in [-0.05, 0) is 96.7 Å². The van der Waals surface area contributed by atoms with Crippen molar-refractivity contribution < 1.29 is 19.4 Å². The minimum Gasteiger partial charge on any atom is -0.496 e. The summed E-state index contributed by atoms with van der Waals surface area (Å²) in [4.78, 5) is 24.6. The van der Waals surface area contributed by atoms with E-state index in [1.165, 1.54) is 44.1 Å². The molecule has 3 aromatic rings. The van der Waals surface area contributed by atoms with Gasteiger partial charge in [-0.3, -0.25) is 4.79 Å². The highest BCUT2D eigenvalue weighted by Crippen LogP contribution is 2.61. The summed E-state index contributed by atoms with van der Waals surface area (Å²) in [6, 6.07) is 16.4. The molecular formula is C29H28O4. The summed E-state index contributed by atoms with van der Waals surface area (Å²) >= 11 is 0. The zero-order valence-electron chi connectivity index (χ0n) is 18.8. The average molecular weight is 441 g/mol. The Hall–Kier alpha value is -3.14. The molecule has 0 aliphatic heterocycles. The van der Waals surface area contributed by atoms with Gasteiger partial charge in [0.2, 0.25) is 0 Å². The number of aromatic carboxylic acids is 1. The summed E-state index contributed by atoms with van der Waals surface area (Å²) in [7, 11) is 1.71. The van der Waals surface area contributed by atoms with Crippen molar-refractivity contribution in [3.8, 4) is 5.75 Å². The number of ketones is 1. The SMILES string of the molecule is COc1cc(C(=O)c2ccc3cc(C(=O)O)ccc3c2)ccc1C12CC3CC(CC(C3)C1)C2. The molecule has 0 saturated heterocycles. The number of ether oxygens (including phenoxy) is 1. The predicted octanol–water partition coefficient (Wildman–Crippen LogP) is 6.25. The maximum Gasteiger partial charge on any atom is 0.335 e. The molecule has 1 N–H and O–H groups in total. The Morgan fingerprint density at radius 2 is 1.30 bits per heavy atom. The fraction of sp³-hybridized carbons (Fsp3) is 0.379. The van der Waals surface area contributed by atoms with Gasteiger partial charge in [0.25, 0.3) is 0 Å². The quantitative estimate of drug-likeness (QED) is 0.477. The lowest BCUT2D eigenvalue weighted by molar-refractivity contribution is -0.00616. The molecule has 168 valence electrons. The molecule has 0 spiro atoms. The molecule has 0 atom stereocenters. The van der Waals surface area contributed by atoms with Gasteiger partial charge < -0.3 is 9.84 Å². The summed E-state index contributed by atoms with van der Waals surface area (Å²) in [5, 5.41) is 10.9. The molecular weight excluding hydrogens is 412 g/mol.